The zero-order chi connectivity index (χ0) is 15.3. The lowest BCUT2D eigenvalue weighted by atomic mass is 9.44. The average molecular weight is 306 g/mol. The van der Waals surface area contributed by atoms with Crippen molar-refractivity contribution in [2.45, 2.75) is 74.7 Å². The van der Waals surface area contributed by atoms with Gasteiger partial charge in [0.05, 0.1) is 17.2 Å². The molecule has 3 unspecified atom stereocenters. The molecule has 5 aliphatic carbocycles. The molecule has 0 aromatic carbocycles. The van der Waals surface area contributed by atoms with Gasteiger partial charge in [0.25, 0.3) is 0 Å². The number of rotatable bonds is 2. The molecule has 5 atom stereocenters. The van der Waals surface area contributed by atoms with Crippen molar-refractivity contribution in [1.29, 1.82) is 0 Å². The molecule has 22 heavy (non-hydrogen) atoms. The van der Waals surface area contributed by atoms with Crippen molar-refractivity contribution in [2.75, 3.05) is 6.54 Å². The van der Waals surface area contributed by atoms with Crippen molar-refractivity contribution in [3.8, 4) is 0 Å². The van der Waals surface area contributed by atoms with Crippen molar-refractivity contribution in [3.63, 3.8) is 0 Å². The van der Waals surface area contributed by atoms with Gasteiger partial charge in [0, 0.05) is 24.4 Å². The number of carbonyl (C=O) groups excluding carboxylic acids is 1. The first-order chi connectivity index (χ1) is 10.3. The van der Waals surface area contributed by atoms with Crippen molar-refractivity contribution in [3.05, 3.63) is 0 Å². The molecule has 0 spiro atoms. The molecule has 6 rings (SSSR count). The number of fused-ring (bicyclic) bond motifs is 1. The van der Waals surface area contributed by atoms with E-state index in [4.69, 9.17) is 5.73 Å². The smallest absolute Gasteiger partial charge is 0.240 e. The number of aliphatic hydroxyl groups is 2. The summed E-state index contributed by atoms with van der Waals surface area (Å²) in [6.45, 7) is 0.843. The minimum Gasteiger partial charge on any atom is -0.390 e. The van der Waals surface area contributed by atoms with Crippen LogP contribution in [0.1, 0.15) is 51.4 Å². The molecule has 0 radical (unpaired) electrons. The number of amides is 1. The summed E-state index contributed by atoms with van der Waals surface area (Å²) < 4.78 is 0. The molecule has 5 heteroatoms. The zero-order valence-electron chi connectivity index (χ0n) is 13.0. The van der Waals surface area contributed by atoms with Crippen LogP contribution in [0.2, 0.25) is 0 Å². The van der Waals surface area contributed by atoms with E-state index in [2.05, 4.69) is 0 Å². The largest absolute Gasteiger partial charge is 0.390 e. The van der Waals surface area contributed by atoms with Crippen LogP contribution in [0.5, 0.6) is 0 Å². The molecule has 6 aliphatic rings. The van der Waals surface area contributed by atoms with Crippen LogP contribution < -0.4 is 5.73 Å². The lowest BCUT2D eigenvalue weighted by molar-refractivity contribution is -0.234. The summed E-state index contributed by atoms with van der Waals surface area (Å²) >= 11 is 0. The Kier molecular flexibility index (Phi) is 2.42. The summed E-state index contributed by atoms with van der Waals surface area (Å²) in [5.74, 6) is 1.09. The van der Waals surface area contributed by atoms with Crippen LogP contribution >= 0.6 is 0 Å². The normalized spacial score (nSPS) is 56.1. The number of hydrogen-bond acceptors (Lipinski definition) is 4. The van der Waals surface area contributed by atoms with Gasteiger partial charge in [0.2, 0.25) is 5.91 Å². The van der Waals surface area contributed by atoms with Crippen molar-refractivity contribution in [1.82, 2.24) is 4.90 Å². The second-order valence-electron chi connectivity index (χ2n) is 9.18. The topological polar surface area (TPSA) is 86.8 Å². The number of piperidine rings is 1. The lowest BCUT2D eigenvalue weighted by Crippen LogP contribution is -2.69. The van der Waals surface area contributed by atoms with E-state index in [-0.39, 0.29) is 5.91 Å². The van der Waals surface area contributed by atoms with Crippen LogP contribution in [0.15, 0.2) is 0 Å². The predicted molar refractivity (Wildman–Crippen MR) is 79.7 cm³/mol. The van der Waals surface area contributed by atoms with Gasteiger partial charge in [0.15, 0.2) is 0 Å². The van der Waals surface area contributed by atoms with Crippen LogP contribution in [-0.2, 0) is 4.79 Å². The highest BCUT2D eigenvalue weighted by molar-refractivity contribution is 5.84. The highest BCUT2D eigenvalue weighted by Crippen LogP contribution is 2.64. The van der Waals surface area contributed by atoms with Gasteiger partial charge in [-0.25, -0.2) is 0 Å². The molecule has 0 aromatic heterocycles. The van der Waals surface area contributed by atoms with Crippen molar-refractivity contribution < 1.29 is 15.0 Å². The third-order valence-electron chi connectivity index (χ3n) is 7.29. The predicted octanol–water partition coefficient (Wildman–Crippen LogP) is 0.381. The molecule has 5 saturated carbocycles. The van der Waals surface area contributed by atoms with Crippen LogP contribution in [-0.4, -0.2) is 50.9 Å². The van der Waals surface area contributed by atoms with E-state index in [1.54, 1.807) is 0 Å². The minimum absolute atomic E-state index is 0.0687. The molecule has 122 valence electrons. The fourth-order valence-corrected chi connectivity index (χ4v) is 6.87. The van der Waals surface area contributed by atoms with Gasteiger partial charge >= 0.3 is 0 Å². The monoisotopic (exact) mass is 306 g/mol. The van der Waals surface area contributed by atoms with Gasteiger partial charge in [-0.15, -0.1) is 0 Å². The van der Waals surface area contributed by atoms with Gasteiger partial charge in [0.1, 0.15) is 0 Å². The second kappa shape index (κ2) is 3.87. The number of carbonyl (C=O) groups is 1. The molecule has 5 nitrogen and oxygen atoms in total. The number of nitrogens with zero attached hydrogens (tertiary/aromatic N) is 1. The summed E-state index contributed by atoms with van der Waals surface area (Å²) in [5, 5.41) is 21.7. The van der Waals surface area contributed by atoms with E-state index in [0.717, 1.165) is 38.6 Å². The molecule has 0 aromatic rings. The maximum Gasteiger partial charge on any atom is 0.240 e. The second-order valence-corrected chi connectivity index (χ2v) is 9.18. The Bertz CT molecular complexity index is 532. The zero-order valence-corrected chi connectivity index (χ0v) is 13.0. The first kappa shape index (κ1) is 13.8. The van der Waals surface area contributed by atoms with Gasteiger partial charge in [-0.1, -0.05) is 0 Å². The number of hydrogen-bond donors (Lipinski definition) is 3. The van der Waals surface area contributed by atoms with E-state index in [0.29, 0.717) is 37.1 Å². The summed E-state index contributed by atoms with van der Waals surface area (Å²) in [4.78, 5) is 14.9. The fourth-order valence-electron chi connectivity index (χ4n) is 6.87. The summed E-state index contributed by atoms with van der Waals surface area (Å²) in [5.41, 5.74) is 4.47. The maximum atomic E-state index is 12.9. The maximum absolute atomic E-state index is 12.9. The molecule has 1 aliphatic heterocycles. The first-order valence-corrected chi connectivity index (χ1v) is 8.82. The lowest BCUT2D eigenvalue weighted by Gasteiger charge is -2.64. The SMILES string of the molecule is NC(C(=O)N1CC[C@@H]2C[C@@H]21)C12CC3CC(O)(CC(O)(C3)C1)C2. The number of nitrogens with two attached hydrogens (primary N) is 1. The third-order valence-corrected chi connectivity index (χ3v) is 7.29. The van der Waals surface area contributed by atoms with E-state index >= 15 is 0 Å². The van der Waals surface area contributed by atoms with Gasteiger partial charge < -0.3 is 20.8 Å². The van der Waals surface area contributed by atoms with Gasteiger partial charge in [-0.3, -0.25) is 4.79 Å². The summed E-state index contributed by atoms with van der Waals surface area (Å²) in [7, 11) is 0. The summed E-state index contributed by atoms with van der Waals surface area (Å²) in [6, 6.07) is -0.132. The quantitative estimate of drug-likeness (QED) is 0.688. The van der Waals surface area contributed by atoms with Gasteiger partial charge in [-0.05, 0) is 56.8 Å². The Morgan fingerprint density at radius 3 is 2.32 bits per heavy atom. The highest BCUT2D eigenvalue weighted by Gasteiger charge is 2.65. The van der Waals surface area contributed by atoms with E-state index in [9.17, 15) is 15.0 Å². The van der Waals surface area contributed by atoms with Crippen molar-refractivity contribution in [2.24, 2.45) is 23.0 Å². The summed E-state index contributed by atoms with van der Waals surface area (Å²) in [6.07, 6.45) is 6.34. The van der Waals surface area contributed by atoms with E-state index < -0.39 is 22.7 Å². The molecule has 1 heterocycles. The molecule has 6 fully saturated rings. The van der Waals surface area contributed by atoms with E-state index in [1.165, 1.54) is 0 Å². The van der Waals surface area contributed by atoms with Crippen LogP contribution in [0.25, 0.3) is 0 Å². The fraction of sp³-hybridized carbons (Fsp3) is 0.941. The minimum atomic E-state index is -0.806. The number of likely N-dealkylation sites (tertiary alicyclic amines) is 1. The van der Waals surface area contributed by atoms with E-state index in [1.807, 2.05) is 4.90 Å². The molecule has 4 N–H and O–H groups in total. The Morgan fingerprint density at radius 1 is 1.14 bits per heavy atom. The molecular weight excluding hydrogens is 280 g/mol. The molecular formula is C17H26N2O3. The molecule has 1 saturated heterocycles. The van der Waals surface area contributed by atoms with Crippen LogP contribution in [0.4, 0.5) is 0 Å². The van der Waals surface area contributed by atoms with Gasteiger partial charge in [-0.2, -0.15) is 0 Å². The Hall–Kier alpha value is -0.650. The Balaban J connectivity index is 1.45. The highest BCUT2D eigenvalue weighted by atomic mass is 16.3. The first-order valence-electron chi connectivity index (χ1n) is 8.82. The molecule has 4 bridgehead atoms. The average Bonchev–Trinajstić information content (AvgIpc) is 3.04. The standard InChI is InChI=1S/C17H26N2O3/c18-13(14(20)19-2-1-11-3-12(11)19)15-4-10-5-16(21,7-15)9-17(22,6-10)8-15/h10-13,21-22H,1-9,18H2/t10?,11-,12+,13?,15?,16?,17?/m1/s1. The molecule has 1 amide bonds. The van der Waals surface area contributed by atoms with Crippen molar-refractivity contribution >= 4 is 5.91 Å². The van der Waals surface area contributed by atoms with Crippen LogP contribution in [0.3, 0.4) is 0 Å². The Labute approximate surface area is 130 Å². The van der Waals surface area contributed by atoms with Crippen LogP contribution in [0, 0.1) is 17.3 Å². The third kappa shape index (κ3) is 1.73. The Morgan fingerprint density at radius 2 is 1.82 bits per heavy atom.